The molecule has 0 aliphatic heterocycles. The normalized spacial score (nSPS) is 21.8. The van der Waals surface area contributed by atoms with Gasteiger partial charge in [-0.05, 0) is 37.4 Å². The number of methoxy groups -OCH3 is 1. The van der Waals surface area contributed by atoms with Crippen molar-refractivity contribution < 1.29 is 14.2 Å². The fourth-order valence-electron chi connectivity index (χ4n) is 2.95. The lowest BCUT2D eigenvalue weighted by atomic mass is 9.98. The molecule has 0 aromatic heterocycles. The first-order valence-electron chi connectivity index (χ1n) is 7.80. The fraction of sp³-hybridized carbons (Fsp3) is 0.647. The van der Waals surface area contributed by atoms with Crippen LogP contribution in [0.3, 0.4) is 0 Å². The summed E-state index contributed by atoms with van der Waals surface area (Å²) in [6, 6.07) is 8.95. The third-order valence-electron chi connectivity index (χ3n) is 4.00. The first-order valence-corrected chi connectivity index (χ1v) is 7.80. The Bertz CT molecular complexity index is 411. The molecule has 1 aromatic rings. The van der Waals surface area contributed by atoms with E-state index in [1.807, 2.05) is 7.05 Å². The van der Waals surface area contributed by atoms with Gasteiger partial charge in [-0.1, -0.05) is 24.3 Å². The summed E-state index contributed by atoms with van der Waals surface area (Å²) < 4.78 is 16.5. The van der Waals surface area contributed by atoms with Gasteiger partial charge in [-0.2, -0.15) is 0 Å². The van der Waals surface area contributed by atoms with Gasteiger partial charge in [0.25, 0.3) is 0 Å². The second-order valence-corrected chi connectivity index (χ2v) is 5.37. The molecule has 0 radical (unpaired) electrons. The average Bonchev–Trinajstić information content (AvgIpc) is 2.69. The van der Waals surface area contributed by atoms with Crippen LogP contribution in [0.4, 0.5) is 0 Å². The third-order valence-corrected chi connectivity index (χ3v) is 4.00. The van der Waals surface area contributed by atoms with E-state index in [4.69, 9.17) is 14.2 Å². The molecule has 4 nitrogen and oxygen atoms in total. The van der Waals surface area contributed by atoms with Gasteiger partial charge < -0.3 is 19.5 Å². The van der Waals surface area contributed by atoms with E-state index >= 15 is 0 Å². The van der Waals surface area contributed by atoms with Crippen LogP contribution in [-0.4, -0.2) is 46.7 Å². The molecular formula is C17H27NO3. The van der Waals surface area contributed by atoms with Crippen molar-refractivity contribution in [3.05, 3.63) is 35.4 Å². The zero-order valence-electron chi connectivity index (χ0n) is 13.1. The summed E-state index contributed by atoms with van der Waals surface area (Å²) in [7, 11) is 3.69. The lowest BCUT2D eigenvalue weighted by molar-refractivity contribution is -0.0218. The minimum absolute atomic E-state index is 0.213. The molecule has 1 aliphatic rings. The van der Waals surface area contributed by atoms with Crippen molar-refractivity contribution in [1.82, 2.24) is 5.32 Å². The molecule has 1 aromatic carbocycles. The second kappa shape index (κ2) is 9.15. The molecule has 0 bridgehead atoms. The summed E-state index contributed by atoms with van der Waals surface area (Å²) in [5.74, 6) is 0. The molecule has 2 atom stereocenters. The monoisotopic (exact) mass is 293 g/mol. The Morgan fingerprint density at radius 2 is 1.95 bits per heavy atom. The predicted octanol–water partition coefficient (Wildman–Crippen LogP) is 2.33. The molecule has 2 rings (SSSR count). The topological polar surface area (TPSA) is 39.7 Å². The van der Waals surface area contributed by atoms with Crippen LogP contribution in [0, 0.1) is 0 Å². The maximum absolute atomic E-state index is 6.08. The van der Waals surface area contributed by atoms with E-state index in [1.54, 1.807) is 7.11 Å². The van der Waals surface area contributed by atoms with Crippen molar-refractivity contribution in [2.24, 2.45) is 0 Å². The van der Waals surface area contributed by atoms with E-state index in [2.05, 4.69) is 29.6 Å². The zero-order chi connectivity index (χ0) is 14.9. The standard InChI is InChI=1S/C17H27NO3/c1-18-17-15-8-4-3-6-14(15)7-5-9-16(17)21-13-12-20-11-10-19-2/h3-4,6,8,16-18H,5,7,9-13H2,1-2H3. The van der Waals surface area contributed by atoms with Crippen molar-refractivity contribution in [1.29, 1.82) is 0 Å². The summed E-state index contributed by atoms with van der Waals surface area (Å²) in [6.07, 6.45) is 3.60. The van der Waals surface area contributed by atoms with Crippen molar-refractivity contribution in [3.8, 4) is 0 Å². The number of aryl methyl sites for hydroxylation is 1. The molecule has 21 heavy (non-hydrogen) atoms. The van der Waals surface area contributed by atoms with Crippen LogP contribution in [0.25, 0.3) is 0 Å². The van der Waals surface area contributed by atoms with E-state index in [0.29, 0.717) is 26.4 Å². The van der Waals surface area contributed by atoms with Crippen LogP contribution in [0.15, 0.2) is 24.3 Å². The van der Waals surface area contributed by atoms with Gasteiger partial charge in [-0.3, -0.25) is 0 Å². The molecule has 0 spiro atoms. The largest absolute Gasteiger partial charge is 0.382 e. The van der Waals surface area contributed by atoms with Crippen LogP contribution in [-0.2, 0) is 20.6 Å². The minimum atomic E-state index is 0.213. The van der Waals surface area contributed by atoms with Crippen LogP contribution in [0.1, 0.15) is 30.0 Å². The number of hydrogen-bond acceptors (Lipinski definition) is 4. The summed E-state index contributed by atoms with van der Waals surface area (Å²) in [5, 5.41) is 3.43. The molecule has 0 heterocycles. The molecule has 0 amide bonds. The summed E-state index contributed by atoms with van der Waals surface area (Å²) >= 11 is 0. The molecule has 118 valence electrons. The number of rotatable bonds is 8. The van der Waals surface area contributed by atoms with Crippen molar-refractivity contribution >= 4 is 0 Å². The Labute approximate surface area is 127 Å². The second-order valence-electron chi connectivity index (χ2n) is 5.37. The number of ether oxygens (including phenoxy) is 3. The average molecular weight is 293 g/mol. The highest BCUT2D eigenvalue weighted by atomic mass is 16.5. The van der Waals surface area contributed by atoms with Crippen molar-refractivity contribution in [3.63, 3.8) is 0 Å². The van der Waals surface area contributed by atoms with Crippen LogP contribution in [0.2, 0.25) is 0 Å². The number of hydrogen-bond donors (Lipinski definition) is 1. The van der Waals surface area contributed by atoms with Gasteiger partial charge in [-0.15, -0.1) is 0 Å². The summed E-state index contributed by atoms with van der Waals surface area (Å²) in [4.78, 5) is 0. The minimum Gasteiger partial charge on any atom is -0.382 e. The quantitative estimate of drug-likeness (QED) is 0.590. The first-order chi connectivity index (χ1) is 10.4. The third kappa shape index (κ3) is 4.78. The Morgan fingerprint density at radius 1 is 1.14 bits per heavy atom. The van der Waals surface area contributed by atoms with E-state index in [9.17, 15) is 0 Å². The van der Waals surface area contributed by atoms with Gasteiger partial charge >= 0.3 is 0 Å². The summed E-state index contributed by atoms with van der Waals surface area (Å²) in [5.41, 5.74) is 2.82. The molecule has 0 saturated carbocycles. The van der Waals surface area contributed by atoms with Gasteiger partial charge in [0.2, 0.25) is 0 Å². The van der Waals surface area contributed by atoms with Gasteiger partial charge in [-0.25, -0.2) is 0 Å². The lowest BCUT2D eigenvalue weighted by Gasteiger charge is -2.26. The first kappa shape index (κ1) is 16.4. The Hall–Kier alpha value is -0.940. The number of benzene rings is 1. The summed E-state index contributed by atoms with van der Waals surface area (Å²) in [6.45, 7) is 2.52. The number of likely N-dealkylation sites (N-methyl/N-ethyl adjacent to an activating group) is 1. The molecule has 1 aliphatic carbocycles. The van der Waals surface area contributed by atoms with E-state index in [-0.39, 0.29) is 12.1 Å². The maximum atomic E-state index is 6.08. The van der Waals surface area contributed by atoms with E-state index in [0.717, 1.165) is 12.8 Å². The smallest absolute Gasteiger partial charge is 0.0771 e. The zero-order valence-corrected chi connectivity index (χ0v) is 13.1. The molecule has 2 unspecified atom stereocenters. The lowest BCUT2D eigenvalue weighted by Crippen LogP contribution is -2.32. The van der Waals surface area contributed by atoms with Crippen LogP contribution < -0.4 is 5.32 Å². The molecule has 0 saturated heterocycles. The molecule has 0 fully saturated rings. The van der Waals surface area contributed by atoms with Crippen LogP contribution in [0.5, 0.6) is 0 Å². The van der Waals surface area contributed by atoms with Gasteiger partial charge in [0.1, 0.15) is 0 Å². The fourth-order valence-corrected chi connectivity index (χ4v) is 2.95. The van der Waals surface area contributed by atoms with E-state index < -0.39 is 0 Å². The predicted molar refractivity (Wildman–Crippen MR) is 83.6 cm³/mol. The highest BCUT2D eigenvalue weighted by Crippen LogP contribution is 2.30. The highest BCUT2D eigenvalue weighted by Gasteiger charge is 2.26. The molecule has 4 heteroatoms. The Morgan fingerprint density at radius 3 is 2.76 bits per heavy atom. The highest BCUT2D eigenvalue weighted by molar-refractivity contribution is 5.32. The number of nitrogens with one attached hydrogen (secondary N) is 1. The Kier molecular flexibility index (Phi) is 7.16. The van der Waals surface area contributed by atoms with Crippen molar-refractivity contribution in [2.75, 3.05) is 40.6 Å². The SMILES string of the molecule is CNC1c2ccccc2CCCC1OCCOCCOC. The van der Waals surface area contributed by atoms with E-state index in [1.165, 1.54) is 17.5 Å². The van der Waals surface area contributed by atoms with Gasteiger partial charge in [0, 0.05) is 7.11 Å². The van der Waals surface area contributed by atoms with Crippen LogP contribution >= 0.6 is 0 Å². The Balaban J connectivity index is 1.87. The van der Waals surface area contributed by atoms with Gasteiger partial charge in [0.15, 0.2) is 0 Å². The van der Waals surface area contributed by atoms with Gasteiger partial charge in [0.05, 0.1) is 38.6 Å². The molecule has 1 N–H and O–H groups in total. The molecular weight excluding hydrogens is 266 g/mol. The maximum Gasteiger partial charge on any atom is 0.0771 e. The van der Waals surface area contributed by atoms with Crippen molar-refractivity contribution in [2.45, 2.75) is 31.4 Å². The number of fused-ring (bicyclic) bond motifs is 1.